The molecule has 0 atom stereocenters. The topological polar surface area (TPSA) is 96.5 Å². The fourth-order valence-corrected chi connectivity index (χ4v) is 3.46. The lowest BCUT2D eigenvalue weighted by Crippen LogP contribution is -2.43. The van der Waals surface area contributed by atoms with E-state index in [1.165, 1.54) is 12.1 Å². The van der Waals surface area contributed by atoms with Crippen LogP contribution in [0.2, 0.25) is 5.02 Å². The molecule has 0 spiro atoms. The van der Waals surface area contributed by atoms with E-state index in [2.05, 4.69) is 32.1 Å². The third kappa shape index (κ3) is 6.57. The number of carbonyl (C=O) groups is 3. The first kappa shape index (κ1) is 23.3. The van der Waals surface area contributed by atoms with Crippen molar-refractivity contribution in [2.45, 2.75) is 6.92 Å². The Morgan fingerprint density at radius 1 is 0.906 bits per heavy atom. The Bertz CT molecular complexity index is 1150. The van der Waals surface area contributed by atoms with Crippen molar-refractivity contribution in [3.63, 3.8) is 0 Å². The van der Waals surface area contributed by atoms with Crippen LogP contribution in [0.5, 0.6) is 5.75 Å². The molecule has 3 N–H and O–H groups in total. The van der Waals surface area contributed by atoms with Gasteiger partial charge in [-0.2, -0.15) is 0 Å². The van der Waals surface area contributed by atoms with Crippen LogP contribution in [0.3, 0.4) is 0 Å². The van der Waals surface area contributed by atoms with E-state index in [4.69, 9.17) is 16.3 Å². The number of halogens is 2. The second-order valence-electron chi connectivity index (χ2n) is 6.77. The van der Waals surface area contributed by atoms with E-state index in [1.54, 1.807) is 42.5 Å². The highest BCUT2D eigenvalue weighted by atomic mass is 79.9. The molecule has 0 heterocycles. The first-order chi connectivity index (χ1) is 15.3. The van der Waals surface area contributed by atoms with Gasteiger partial charge in [-0.05, 0) is 77.5 Å². The Labute approximate surface area is 198 Å². The second kappa shape index (κ2) is 10.8. The summed E-state index contributed by atoms with van der Waals surface area (Å²) in [5, 5.41) is 3.30. The Hall–Kier alpha value is -3.36. The molecule has 0 aromatic heterocycles. The largest absolute Gasteiger partial charge is 0.483 e. The standard InChI is InChI=1S/C23H19BrClN3O4/c1-14-3-2-4-16(11-14)22(30)26-18-8-5-15(6-9-18)23(31)28-27-21(29)13-32-20-10-7-17(25)12-19(20)24/h2-12H,13H2,1H3,(H,26,30)(H,27,29)(H,28,31). The van der Waals surface area contributed by atoms with Gasteiger partial charge in [0.2, 0.25) is 0 Å². The second-order valence-corrected chi connectivity index (χ2v) is 8.06. The zero-order chi connectivity index (χ0) is 23.1. The number of aryl methyl sites for hydroxylation is 1. The molecule has 0 saturated heterocycles. The van der Waals surface area contributed by atoms with Crippen LogP contribution in [0.1, 0.15) is 26.3 Å². The van der Waals surface area contributed by atoms with Crippen LogP contribution in [-0.4, -0.2) is 24.3 Å². The number of ether oxygens (including phenoxy) is 1. The Kier molecular flexibility index (Phi) is 7.86. The summed E-state index contributed by atoms with van der Waals surface area (Å²) in [6.07, 6.45) is 0. The smallest absolute Gasteiger partial charge is 0.276 e. The van der Waals surface area contributed by atoms with Crippen molar-refractivity contribution >= 4 is 50.9 Å². The molecule has 3 rings (SSSR count). The average molecular weight is 517 g/mol. The molecule has 32 heavy (non-hydrogen) atoms. The summed E-state index contributed by atoms with van der Waals surface area (Å²) in [7, 11) is 0. The molecule has 0 fully saturated rings. The number of nitrogens with one attached hydrogen (secondary N) is 3. The lowest BCUT2D eigenvalue weighted by molar-refractivity contribution is -0.123. The fraction of sp³-hybridized carbons (Fsp3) is 0.0870. The molecular formula is C23H19BrClN3O4. The monoisotopic (exact) mass is 515 g/mol. The summed E-state index contributed by atoms with van der Waals surface area (Å²) < 4.78 is 5.99. The van der Waals surface area contributed by atoms with E-state index in [0.29, 0.717) is 32.1 Å². The molecule has 0 aliphatic carbocycles. The van der Waals surface area contributed by atoms with Gasteiger partial charge in [0, 0.05) is 21.8 Å². The molecular weight excluding hydrogens is 498 g/mol. The van der Waals surface area contributed by atoms with Crippen molar-refractivity contribution in [1.29, 1.82) is 0 Å². The van der Waals surface area contributed by atoms with Gasteiger partial charge in [-0.25, -0.2) is 0 Å². The van der Waals surface area contributed by atoms with E-state index in [0.717, 1.165) is 5.56 Å². The molecule has 3 aromatic rings. The van der Waals surface area contributed by atoms with Crippen molar-refractivity contribution in [2.24, 2.45) is 0 Å². The van der Waals surface area contributed by atoms with Gasteiger partial charge in [0.15, 0.2) is 6.61 Å². The highest BCUT2D eigenvalue weighted by molar-refractivity contribution is 9.10. The molecule has 0 aliphatic heterocycles. The van der Waals surface area contributed by atoms with Gasteiger partial charge in [-0.3, -0.25) is 25.2 Å². The summed E-state index contributed by atoms with van der Waals surface area (Å²) in [6.45, 7) is 1.61. The highest BCUT2D eigenvalue weighted by Crippen LogP contribution is 2.27. The maximum atomic E-state index is 12.3. The van der Waals surface area contributed by atoms with Crippen molar-refractivity contribution in [3.8, 4) is 5.75 Å². The van der Waals surface area contributed by atoms with Gasteiger partial charge in [0.25, 0.3) is 17.7 Å². The highest BCUT2D eigenvalue weighted by Gasteiger charge is 2.11. The molecule has 7 nitrogen and oxygen atoms in total. The number of hydrogen-bond donors (Lipinski definition) is 3. The zero-order valence-corrected chi connectivity index (χ0v) is 19.3. The number of benzene rings is 3. The van der Waals surface area contributed by atoms with Crippen LogP contribution in [-0.2, 0) is 4.79 Å². The van der Waals surface area contributed by atoms with E-state index >= 15 is 0 Å². The predicted molar refractivity (Wildman–Crippen MR) is 126 cm³/mol. The minimum atomic E-state index is -0.540. The first-order valence-electron chi connectivity index (χ1n) is 9.47. The van der Waals surface area contributed by atoms with Gasteiger partial charge in [0.1, 0.15) is 5.75 Å². The van der Waals surface area contributed by atoms with Crippen LogP contribution in [0.4, 0.5) is 5.69 Å². The molecule has 3 amide bonds. The lowest BCUT2D eigenvalue weighted by Gasteiger charge is -2.10. The summed E-state index contributed by atoms with van der Waals surface area (Å²) >= 11 is 9.15. The van der Waals surface area contributed by atoms with Crippen molar-refractivity contribution < 1.29 is 19.1 Å². The van der Waals surface area contributed by atoms with Crippen molar-refractivity contribution in [2.75, 3.05) is 11.9 Å². The Morgan fingerprint density at radius 2 is 1.66 bits per heavy atom. The molecule has 9 heteroatoms. The van der Waals surface area contributed by atoms with Crippen molar-refractivity contribution in [3.05, 3.63) is 92.9 Å². The number of anilines is 1. The molecule has 0 aliphatic rings. The van der Waals surface area contributed by atoms with Gasteiger partial charge in [0.05, 0.1) is 4.47 Å². The van der Waals surface area contributed by atoms with Crippen LogP contribution >= 0.6 is 27.5 Å². The minimum Gasteiger partial charge on any atom is -0.483 e. The van der Waals surface area contributed by atoms with E-state index in [9.17, 15) is 14.4 Å². The average Bonchev–Trinajstić information content (AvgIpc) is 2.77. The van der Waals surface area contributed by atoms with Crippen LogP contribution in [0.25, 0.3) is 0 Å². The maximum Gasteiger partial charge on any atom is 0.276 e. The predicted octanol–water partition coefficient (Wildman–Crippen LogP) is 4.50. The molecule has 164 valence electrons. The lowest BCUT2D eigenvalue weighted by atomic mass is 10.1. The Morgan fingerprint density at radius 3 is 2.34 bits per heavy atom. The molecule has 0 bridgehead atoms. The maximum absolute atomic E-state index is 12.3. The van der Waals surface area contributed by atoms with Crippen LogP contribution in [0.15, 0.2) is 71.2 Å². The summed E-state index contributed by atoms with van der Waals surface area (Å²) in [5.41, 5.74) is 6.97. The summed E-state index contributed by atoms with van der Waals surface area (Å²) in [6, 6.07) is 18.4. The first-order valence-corrected chi connectivity index (χ1v) is 10.6. The number of hydrazine groups is 1. The molecule has 0 unspecified atom stereocenters. The SMILES string of the molecule is Cc1cccc(C(=O)Nc2ccc(C(=O)NNC(=O)COc3ccc(Cl)cc3Br)cc2)c1. The molecule has 0 saturated carbocycles. The number of rotatable bonds is 6. The van der Waals surface area contributed by atoms with Gasteiger partial charge in [-0.1, -0.05) is 29.3 Å². The van der Waals surface area contributed by atoms with Gasteiger partial charge >= 0.3 is 0 Å². The van der Waals surface area contributed by atoms with E-state index in [1.807, 2.05) is 19.1 Å². The Balaban J connectivity index is 1.47. The van der Waals surface area contributed by atoms with Crippen LogP contribution < -0.4 is 20.9 Å². The normalized spacial score (nSPS) is 10.2. The molecule has 0 radical (unpaired) electrons. The third-order valence-corrected chi connectivity index (χ3v) is 5.11. The van der Waals surface area contributed by atoms with Gasteiger partial charge < -0.3 is 10.1 Å². The van der Waals surface area contributed by atoms with Gasteiger partial charge in [-0.15, -0.1) is 0 Å². The zero-order valence-electron chi connectivity index (χ0n) is 16.9. The van der Waals surface area contributed by atoms with Crippen molar-refractivity contribution in [1.82, 2.24) is 10.9 Å². The number of hydrogen-bond acceptors (Lipinski definition) is 4. The minimum absolute atomic E-state index is 0.245. The number of amides is 3. The molecule has 3 aromatic carbocycles. The summed E-state index contributed by atoms with van der Waals surface area (Å²) in [5.74, 6) is -0.852. The summed E-state index contributed by atoms with van der Waals surface area (Å²) in [4.78, 5) is 36.5. The fourth-order valence-electron chi connectivity index (χ4n) is 2.66. The quantitative estimate of drug-likeness (QED) is 0.420. The van der Waals surface area contributed by atoms with E-state index in [-0.39, 0.29) is 12.5 Å². The third-order valence-electron chi connectivity index (χ3n) is 4.25. The van der Waals surface area contributed by atoms with Crippen LogP contribution in [0, 0.1) is 6.92 Å². The number of carbonyl (C=O) groups excluding carboxylic acids is 3. The van der Waals surface area contributed by atoms with E-state index < -0.39 is 11.8 Å².